The lowest BCUT2D eigenvalue weighted by Crippen LogP contribution is -2.51. The fourth-order valence-corrected chi connectivity index (χ4v) is 3.53. The van der Waals surface area contributed by atoms with E-state index in [1.54, 1.807) is 7.11 Å². The summed E-state index contributed by atoms with van der Waals surface area (Å²) in [5.41, 5.74) is 6.62. The molecule has 0 radical (unpaired) electrons. The highest BCUT2D eigenvalue weighted by atomic mass is 32.1. The zero-order valence-corrected chi connectivity index (χ0v) is 14.5. The van der Waals surface area contributed by atoms with Gasteiger partial charge in [0.2, 0.25) is 0 Å². The third-order valence-electron chi connectivity index (χ3n) is 4.24. The summed E-state index contributed by atoms with van der Waals surface area (Å²) in [6.45, 7) is 0. The number of fused-ring (bicyclic) bond motifs is 2. The first-order valence-corrected chi connectivity index (χ1v) is 8.42. The van der Waals surface area contributed by atoms with Crippen LogP contribution in [0.3, 0.4) is 0 Å². The third-order valence-corrected chi connectivity index (χ3v) is 4.66. The van der Waals surface area contributed by atoms with Crippen LogP contribution in [0.15, 0.2) is 36.4 Å². The number of methoxy groups -OCH3 is 1. The van der Waals surface area contributed by atoms with Crippen molar-refractivity contribution in [3.8, 4) is 5.75 Å². The number of nitrogens with one attached hydrogen (secondary N) is 4. The van der Waals surface area contributed by atoms with Gasteiger partial charge >= 0.3 is 0 Å². The molecular weight excluding hydrogens is 328 g/mol. The van der Waals surface area contributed by atoms with E-state index in [-0.39, 0.29) is 0 Å². The zero-order valence-electron chi connectivity index (χ0n) is 12.8. The number of thiocarbonyl (C=S) groups is 2. The molecule has 1 aromatic carbocycles. The Balaban J connectivity index is 1.43. The van der Waals surface area contributed by atoms with Crippen molar-refractivity contribution in [3.05, 3.63) is 36.4 Å². The molecule has 2 bridgehead atoms. The van der Waals surface area contributed by atoms with Crippen LogP contribution in [0.2, 0.25) is 0 Å². The van der Waals surface area contributed by atoms with Crippen LogP contribution in [0, 0.1) is 11.8 Å². The van der Waals surface area contributed by atoms with Crippen LogP contribution in [0.25, 0.3) is 0 Å². The summed E-state index contributed by atoms with van der Waals surface area (Å²) in [6, 6.07) is 8.00. The Labute approximate surface area is 146 Å². The van der Waals surface area contributed by atoms with E-state index in [1.165, 1.54) is 6.42 Å². The van der Waals surface area contributed by atoms with E-state index in [2.05, 4.69) is 33.6 Å². The molecule has 4 N–H and O–H groups in total. The normalized spacial score (nSPS) is 24.1. The number of para-hydroxylation sites is 2. The first-order valence-electron chi connectivity index (χ1n) is 7.60. The Hall–Kier alpha value is -1.86. The molecule has 1 saturated carbocycles. The Kier molecular flexibility index (Phi) is 4.97. The lowest BCUT2D eigenvalue weighted by molar-refractivity contribution is 0.417. The molecule has 7 heteroatoms. The van der Waals surface area contributed by atoms with Gasteiger partial charge in [-0.3, -0.25) is 10.9 Å². The average molecular weight is 348 g/mol. The molecule has 0 saturated heterocycles. The van der Waals surface area contributed by atoms with Crippen molar-refractivity contribution in [1.82, 2.24) is 16.2 Å². The maximum absolute atomic E-state index is 5.32. The second-order valence-electron chi connectivity index (χ2n) is 5.76. The van der Waals surface area contributed by atoms with E-state index in [0.29, 0.717) is 28.1 Å². The van der Waals surface area contributed by atoms with Gasteiger partial charge < -0.3 is 15.4 Å². The lowest BCUT2D eigenvalue weighted by Gasteiger charge is -2.22. The minimum Gasteiger partial charge on any atom is -0.495 e. The van der Waals surface area contributed by atoms with Crippen LogP contribution >= 0.6 is 24.4 Å². The van der Waals surface area contributed by atoms with E-state index in [0.717, 1.165) is 17.9 Å². The molecule has 2 aliphatic rings. The molecule has 122 valence electrons. The van der Waals surface area contributed by atoms with Crippen LogP contribution in [-0.4, -0.2) is 23.4 Å². The number of anilines is 1. The van der Waals surface area contributed by atoms with Crippen LogP contribution in [0.4, 0.5) is 5.69 Å². The fraction of sp³-hybridized carbons (Fsp3) is 0.375. The first kappa shape index (κ1) is 16.0. The van der Waals surface area contributed by atoms with Gasteiger partial charge in [0, 0.05) is 6.04 Å². The number of benzene rings is 1. The third kappa shape index (κ3) is 3.92. The van der Waals surface area contributed by atoms with Crippen LogP contribution in [-0.2, 0) is 0 Å². The minimum absolute atomic E-state index is 0.419. The van der Waals surface area contributed by atoms with Crippen molar-refractivity contribution >= 4 is 40.3 Å². The number of rotatable bonds is 3. The van der Waals surface area contributed by atoms with Crippen LogP contribution in [0.5, 0.6) is 5.75 Å². The SMILES string of the molecule is COc1ccccc1NC(=S)NNC(=S)N[C@H]1C[C@H]2C=C[C@H]1C2. The van der Waals surface area contributed by atoms with Crippen molar-refractivity contribution in [3.63, 3.8) is 0 Å². The van der Waals surface area contributed by atoms with Gasteiger partial charge in [0.25, 0.3) is 0 Å². The van der Waals surface area contributed by atoms with Gasteiger partial charge in [0.15, 0.2) is 10.2 Å². The number of hydrogen-bond donors (Lipinski definition) is 4. The first-order chi connectivity index (χ1) is 11.2. The minimum atomic E-state index is 0.419. The van der Waals surface area contributed by atoms with Gasteiger partial charge in [0.05, 0.1) is 12.8 Å². The van der Waals surface area contributed by atoms with E-state index in [9.17, 15) is 0 Å². The molecule has 2 aliphatic carbocycles. The van der Waals surface area contributed by atoms with E-state index in [4.69, 9.17) is 29.2 Å². The molecule has 0 spiro atoms. The van der Waals surface area contributed by atoms with E-state index < -0.39 is 0 Å². The summed E-state index contributed by atoms with van der Waals surface area (Å²) in [4.78, 5) is 0. The van der Waals surface area contributed by atoms with Gasteiger partial charge in [-0.25, -0.2) is 0 Å². The molecule has 1 fully saturated rings. The summed E-state index contributed by atoms with van der Waals surface area (Å²) < 4.78 is 5.27. The molecule has 0 heterocycles. The fourth-order valence-electron chi connectivity index (χ4n) is 3.17. The van der Waals surface area contributed by atoms with Crippen molar-refractivity contribution < 1.29 is 4.74 Å². The smallest absolute Gasteiger partial charge is 0.189 e. The van der Waals surface area contributed by atoms with Gasteiger partial charge in [-0.2, -0.15) is 0 Å². The Bertz CT molecular complexity index is 634. The van der Waals surface area contributed by atoms with Crippen molar-refractivity contribution in [1.29, 1.82) is 0 Å². The van der Waals surface area contributed by atoms with Crippen LogP contribution in [0.1, 0.15) is 12.8 Å². The van der Waals surface area contributed by atoms with Crippen molar-refractivity contribution in [2.45, 2.75) is 18.9 Å². The monoisotopic (exact) mass is 348 g/mol. The summed E-state index contributed by atoms with van der Waals surface area (Å²) in [5, 5.41) is 7.40. The highest BCUT2D eigenvalue weighted by molar-refractivity contribution is 7.80. The summed E-state index contributed by atoms with van der Waals surface area (Å²) in [7, 11) is 1.62. The molecule has 23 heavy (non-hydrogen) atoms. The molecule has 3 rings (SSSR count). The Morgan fingerprint density at radius 3 is 2.57 bits per heavy atom. The van der Waals surface area contributed by atoms with Gasteiger partial charge in [0.1, 0.15) is 5.75 Å². The highest BCUT2D eigenvalue weighted by Gasteiger charge is 2.35. The number of hydrogen-bond acceptors (Lipinski definition) is 3. The van der Waals surface area contributed by atoms with Crippen LogP contribution < -0.4 is 26.2 Å². The quantitative estimate of drug-likeness (QED) is 0.380. The average Bonchev–Trinajstić information content (AvgIpc) is 3.16. The van der Waals surface area contributed by atoms with E-state index in [1.807, 2.05) is 24.3 Å². The molecule has 3 atom stereocenters. The molecule has 0 unspecified atom stereocenters. The lowest BCUT2D eigenvalue weighted by atomic mass is 10.0. The standard InChI is InChI=1S/C16H20N4OS2/c1-21-14-5-3-2-4-12(14)17-15(22)19-20-16(23)18-13-9-10-6-7-11(13)8-10/h2-7,10-11,13H,8-9H2,1H3,(H2,17,19,22)(H2,18,20,23)/t10-,11-,13-/m0/s1. The number of ether oxygens (including phenoxy) is 1. The van der Waals surface area contributed by atoms with E-state index >= 15 is 0 Å². The number of hydrazine groups is 1. The molecule has 0 amide bonds. The Morgan fingerprint density at radius 1 is 1.09 bits per heavy atom. The molecular formula is C16H20N4OS2. The predicted octanol–water partition coefficient (Wildman–Crippen LogP) is 2.33. The molecule has 1 aromatic rings. The molecule has 0 aromatic heterocycles. The topological polar surface area (TPSA) is 57.4 Å². The molecule has 0 aliphatic heterocycles. The maximum Gasteiger partial charge on any atom is 0.189 e. The summed E-state index contributed by atoms with van der Waals surface area (Å²) in [5.74, 6) is 2.03. The second kappa shape index (κ2) is 7.14. The summed E-state index contributed by atoms with van der Waals surface area (Å²) in [6.07, 6.45) is 6.98. The number of allylic oxidation sites excluding steroid dienone is 1. The van der Waals surface area contributed by atoms with Gasteiger partial charge in [-0.1, -0.05) is 24.3 Å². The molecule has 5 nitrogen and oxygen atoms in total. The summed E-state index contributed by atoms with van der Waals surface area (Å²) >= 11 is 10.6. The van der Waals surface area contributed by atoms with Gasteiger partial charge in [-0.05, 0) is 61.2 Å². The largest absolute Gasteiger partial charge is 0.495 e. The highest BCUT2D eigenvalue weighted by Crippen LogP contribution is 2.38. The van der Waals surface area contributed by atoms with Crippen molar-refractivity contribution in [2.24, 2.45) is 11.8 Å². The van der Waals surface area contributed by atoms with Crippen molar-refractivity contribution in [2.75, 3.05) is 12.4 Å². The maximum atomic E-state index is 5.32. The zero-order chi connectivity index (χ0) is 16.2. The Morgan fingerprint density at radius 2 is 1.87 bits per heavy atom. The van der Waals surface area contributed by atoms with Gasteiger partial charge in [-0.15, -0.1) is 0 Å². The second-order valence-corrected chi connectivity index (χ2v) is 6.58. The predicted molar refractivity (Wildman–Crippen MR) is 100 cm³/mol.